The zero-order valence-electron chi connectivity index (χ0n) is 11.4. The Hall–Kier alpha value is -2.32. The molecule has 0 fully saturated rings. The molecular formula is C12H13F3N4O2. The highest BCUT2D eigenvalue weighted by atomic mass is 19.4. The number of carbonyl (C=O) groups excluding carboxylic acids is 1. The Balaban J connectivity index is 2.49. The largest absolute Gasteiger partial charge is 0.466 e. The molecule has 0 unspecified atom stereocenters. The van der Waals surface area contributed by atoms with Gasteiger partial charge in [0.2, 0.25) is 5.91 Å². The van der Waals surface area contributed by atoms with Crippen molar-refractivity contribution in [3.05, 3.63) is 23.4 Å². The summed E-state index contributed by atoms with van der Waals surface area (Å²) in [6.07, 6.45) is -4.78. The van der Waals surface area contributed by atoms with Crippen molar-refractivity contribution in [2.45, 2.75) is 33.0 Å². The van der Waals surface area contributed by atoms with Crippen molar-refractivity contribution in [2.24, 2.45) is 5.73 Å². The van der Waals surface area contributed by atoms with Crippen LogP contribution in [0.15, 0.2) is 10.5 Å². The molecule has 21 heavy (non-hydrogen) atoms. The second-order valence-corrected chi connectivity index (χ2v) is 4.59. The highest BCUT2D eigenvalue weighted by Crippen LogP contribution is 2.27. The molecule has 2 heterocycles. The van der Waals surface area contributed by atoms with Crippen molar-refractivity contribution < 1.29 is 22.4 Å². The summed E-state index contributed by atoms with van der Waals surface area (Å²) in [6, 6.07) is 1.57. The number of alkyl halides is 3. The monoisotopic (exact) mass is 302 g/mol. The molecule has 0 spiro atoms. The smallest absolute Gasteiger partial charge is 0.408 e. The van der Waals surface area contributed by atoms with Gasteiger partial charge in [-0.15, -0.1) is 0 Å². The molecule has 0 saturated heterocycles. The first-order valence-corrected chi connectivity index (χ1v) is 6.02. The number of nitrogens with zero attached hydrogens (tertiary/aromatic N) is 3. The molecule has 2 N–H and O–H groups in total. The second-order valence-electron chi connectivity index (χ2n) is 4.59. The Bertz CT molecular complexity index is 673. The van der Waals surface area contributed by atoms with Crippen LogP contribution in [0.4, 0.5) is 13.2 Å². The van der Waals surface area contributed by atoms with Crippen molar-refractivity contribution >= 4 is 5.91 Å². The van der Waals surface area contributed by atoms with Crippen LogP contribution in [0.3, 0.4) is 0 Å². The molecule has 0 aliphatic heterocycles. The maximum absolute atomic E-state index is 12.6. The van der Waals surface area contributed by atoms with Crippen LogP contribution in [-0.2, 0) is 17.8 Å². The minimum absolute atomic E-state index is 0.00192. The first kappa shape index (κ1) is 15.1. The summed E-state index contributed by atoms with van der Waals surface area (Å²) >= 11 is 0. The van der Waals surface area contributed by atoms with Gasteiger partial charge in [0.15, 0.2) is 11.6 Å². The van der Waals surface area contributed by atoms with E-state index >= 15 is 0 Å². The fraction of sp³-hybridized carbons (Fsp3) is 0.417. The number of nitrogens with two attached hydrogens (primary N) is 1. The van der Waals surface area contributed by atoms with Crippen LogP contribution in [0.5, 0.6) is 0 Å². The van der Waals surface area contributed by atoms with Gasteiger partial charge >= 0.3 is 6.18 Å². The standard InChI is InChI=1S/C12H13F3N4O2/c1-6-3-8(7(2)21-6)11-17-10(4-9(16)20)18-19(11)5-12(13,14)15/h3H,4-5H2,1-2H3,(H2,16,20). The number of aromatic nitrogens is 3. The molecule has 114 valence electrons. The van der Waals surface area contributed by atoms with Crippen LogP contribution in [0, 0.1) is 13.8 Å². The predicted octanol–water partition coefficient (Wildman–Crippen LogP) is 1.75. The highest BCUT2D eigenvalue weighted by Gasteiger charge is 2.31. The van der Waals surface area contributed by atoms with Crippen LogP contribution in [-0.4, -0.2) is 26.8 Å². The topological polar surface area (TPSA) is 86.9 Å². The number of aryl methyl sites for hydroxylation is 2. The SMILES string of the molecule is Cc1cc(-c2nc(CC(N)=O)nn2CC(F)(F)F)c(C)o1. The van der Waals surface area contributed by atoms with Gasteiger partial charge in [-0.25, -0.2) is 9.67 Å². The Morgan fingerprint density at radius 2 is 2.10 bits per heavy atom. The zero-order valence-corrected chi connectivity index (χ0v) is 11.4. The first-order chi connectivity index (χ1) is 9.65. The molecule has 9 heteroatoms. The molecule has 2 aromatic rings. The van der Waals surface area contributed by atoms with Crippen LogP contribution < -0.4 is 5.73 Å². The number of hydrogen-bond donors (Lipinski definition) is 1. The first-order valence-electron chi connectivity index (χ1n) is 6.02. The molecule has 0 bridgehead atoms. The number of hydrogen-bond acceptors (Lipinski definition) is 4. The van der Waals surface area contributed by atoms with Gasteiger partial charge in [-0.05, 0) is 19.9 Å². The van der Waals surface area contributed by atoms with E-state index in [1.54, 1.807) is 19.9 Å². The normalized spacial score (nSPS) is 11.9. The summed E-state index contributed by atoms with van der Waals surface area (Å²) < 4.78 is 43.8. The number of rotatable bonds is 4. The average Bonchev–Trinajstić information content (AvgIpc) is 2.79. The van der Waals surface area contributed by atoms with Gasteiger partial charge in [-0.2, -0.15) is 18.3 Å². The highest BCUT2D eigenvalue weighted by molar-refractivity contribution is 5.75. The lowest BCUT2D eigenvalue weighted by Crippen LogP contribution is -2.20. The van der Waals surface area contributed by atoms with E-state index in [0.717, 1.165) is 0 Å². The second kappa shape index (κ2) is 5.23. The molecular weight excluding hydrogens is 289 g/mol. The maximum atomic E-state index is 12.6. The summed E-state index contributed by atoms with van der Waals surface area (Å²) in [5, 5.41) is 3.71. The number of carbonyl (C=O) groups is 1. The van der Waals surface area contributed by atoms with Gasteiger partial charge in [-0.3, -0.25) is 4.79 Å². The van der Waals surface area contributed by atoms with Gasteiger partial charge in [0.25, 0.3) is 0 Å². The summed E-state index contributed by atoms with van der Waals surface area (Å²) in [7, 11) is 0. The Morgan fingerprint density at radius 3 is 2.57 bits per heavy atom. The third-order valence-electron chi connectivity index (χ3n) is 2.66. The number of amides is 1. The number of primary amides is 1. The molecule has 0 aromatic carbocycles. The minimum Gasteiger partial charge on any atom is -0.466 e. The van der Waals surface area contributed by atoms with E-state index in [0.29, 0.717) is 21.8 Å². The van der Waals surface area contributed by atoms with E-state index < -0.39 is 18.6 Å². The van der Waals surface area contributed by atoms with Crippen LogP contribution in [0.25, 0.3) is 11.4 Å². The predicted molar refractivity (Wildman–Crippen MR) is 66.2 cm³/mol. The maximum Gasteiger partial charge on any atom is 0.408 e. The number of furan rings is 1. The van der Waals surface area contributed by atoms with E-state index in [2.05, 4.69) is 10.1 Å². The lowest BCUT2D eigenvalue weighted by molar-refractivity contribution is -0.142. The van der Waals surface area contributed by atoms with E-state index in [1.165, 1.54) is 0 Å². The fourth-order valence-corrected chi connectivity index (χ4v) is 1.95. The zero-order chi connectivity index (χ0) is 15.8. The van der Waals surface area contributed by atoms with Crippen LogP contribution >= 0.6 is 0 Å². The molecule has 0 aliphatic rings. The lowest BCUT2D eigenvalue weighted by Gasteiger charge is -2.08. The van der Waals surface area contributed by atoms with E-state index in [1.807, 2.05) is 0 Å². The fourth-order valence-electron chi connectivity index (χ4n) is 1.95. The lowest BCUT2D eigenvalue weighted by atomic mass is 10.2. The molecule has 0 saturated carbocycles. The minimum atomic E-state index is -4.46. The van der Waals surface area contributed by atoms with E-state index in [4.69, 9.17) is 10.2 Å². The van der Waals surface area contributed by atoms with Crippen molar-refractivity contribution in [2.75, 3.05) is 0 Å². The van der Waals surface area contributed by atoms with Crippen LogP contribution in [0.2, 0.25) is 0 Å². The molecule has 1 amide bonds. The molecule has 0 radical (unpaired) electrons. The average molecular weight is 302 g/mol. The quantitative estimate of drug-likeness (QED) is 0.932. The molecule has 0 aliphatic carbocycles. The van der Waals surface area contributed by atoms with Crippen LogP contribution in [0.1, 0.15) is 17.3 Å². The Kier molecular flexibility index (Phi) is 3.75. The van der Waals surface area contributed by atoms with Crippen molar-refractivity contribution in [3.8, 4) is 11.4 Å². The van der Waals surface area contributed by atoms with E-state index in [9.17, 15) is 18.0 Å². The van der Waals surface area contributed by atoms with Gasteiger partial charge in [0.1, 0.15) is 18.1 Å². The van der Waals surface area contributed by atoms with Crippen molar-refractivity contribution in [1.29, 1.82) is 0 Å². The third-order valence-corrected chi connectivity index (χ3v) is 2.66. The molecule has 0 atom stereocenters. The third kappa shape index (κ3) is 3.61. The Morgan fingerprint density at radius 1 is 1.43 bits per heavy atom. The molecule has 2 aromatic heterocycles. The summed E-state index contributed by atoms with van der Waals surface area (Å²) in [6.45, 7) is 1.98. The number of halogens is 3. The Labute approximate surface area is 117 Å². The van der Waals surface area contributed by atoms with Crippen molar-refractivity contribution in [1.82, 2.24) is 14.8 Å². The summed E-state index contributed by atoms with van der Waals surface area (Å²) in [4.78, 5) is 14.8. The van der Waals surface area contributed by atoms with Gasteiger partial charge in [0, 0.05) is 0 Å². The summed E-state index contributed by atoms with van der Waals surface area (Å²) in [5.74, 6) is 0.193. The molecule has 6 nitrogen and oxygen atoms in total. The van der Waals surface area contributed by atoms with Gasteiger partial charge in [-0.1, -0.05) is 0 Å². The van der Waals surface area contributed by atoms with E-state index in [-0.39, 0.29) is 18.1 Å². The van der Waals surface area contributed by atoms with Crippen molar-refractivity contribution in [3.63, 3.8) is 0 Å². The molecule has 2 rings (SSSR count). The summed E-state index contributed by atoms with van der Waals surface area (Å²) in [5.41, 5.74) is 5.42. The van der Waals surface area contributed by atoms with Gasteiger partial charge in [0.05, 0.1) is 12.0 Å². The van der Waals surface area contributed by atoms with Gasteiger partial charge < -0.3 is 10.2 Å².